The number of hydrogen-bond donors (Lipinski definition) is 0. The van der Waals surface area contributed by atoms with E-state index in [-0.39, 0.29) is 0 Å². The quantitative estimate of drug-likeness (QED) is 0.184. The zero-order chi connectivity index (χ0) is 33.0. The Morgan fingerprint density at radius 2 is 0.780 bits per heavy atom. The van der Waals surface area contributed by atoms with E-state index in [2.05, 4.69) is 190 Å². The van der Waals surface area contributed by atoms with Crippen LogP contribution in [0.1, 0.15) is 0 Å². The van der Waals surface area contributed by atoms with Gasteiger partial charge in [-0.25, -0.2) is 0 Å². The fourth-order valence-electron chi connectivity index (χ4n) is 7.62. The molecular formula is C47H31N3. The summed E-state index contributed by atoms with van der Waals surface area (Å²) >= 11 is 0. The van der Waals surface area contributed by atoms with Gasteiger partial charge in [-0.1, -0.05) is 121 Å². The minimum Gasteiger partial charge on any atom is -0.309 e. The standard InChI is InChI=1S/C47H31N3/c1-3-9-32(10-4-1)34-15-21-38(22-16-34)49-44-14-8-7-13-40(44)41-25-19-37(30-46(41)49)36-20-26-45-43(29-36)42-27-28-48-31-47(42)50(45)39-23-17-35(18-24-39)33-11-5-2-6-12-33/h1-31H. The van der Waals surface area contributed by atoms with E-state index in [1.54, 1.807) is 0 Å². The van der Waals surface area contributed by atoms with Crippen molar-refractivity contribution in [2.45, 2.75) is 0 Å². The summed E-state index contributed by atoms with van der Waals surface area (Å²) in [5, 5.41) is 4.91. The lowest BCUT2D eigenvalue weighted by Gasteiger charge is -2.11. The predicted octanol–water partition coefficient (Wildman–Crippen LogP) is 12.3. The number of nitrogens with zero attached hydrogens (tertiary/aromatic N) is 3. The van der Waals surface area contributed by atoms with Crippen LogP contribution in [0.4, 0.5) is 0 Å². The molecule has 0 spiro atoms. The van der Waals surface area contributed by atoms with Gasteiger partial charge in [-0.3, -0.25) is 4.98 Å². The first-order valence-electron chi connectivity index (χ1n) is 17.0. The zero-order valence-electron chi connectivity index (χ0n) is 27.2. The van der Waals surface area contributed by atoms with Crippen molar-refractivity contribution in [3.05, 3.63) is 188 Å². The lowest BCUT2D eigenvalue weighted by molar-refractivity contribution is 1.17. The summed E-state index contributed by atoms with van der Waals surface area (Å²) in [6.45, 7) is 0. The third kappa shape index (κ3) is 4.56. The molecule has 3 heterocycles. The van der Waals surface area contributed by atoms with Gasteiger partial charge in [-0.15, -0.1) is 0 Å². The number of fused-ring (bicyclic) bond motifs is 6. The van der Waals surface area contributed by atoms with Crippen LogP contribution >= 0.6 is 0 Å². The van der Waals surface area contributed by atoms with Gasteiger partial charge in [-0.2, -0.15) is 0 Å². The number of rotatable bonds is 5. The van der Waals surface area contributed by atoms with Crippen molar-refractivity contribution in [1.82, 2.24) is 14.1 Å². The van der Waals surface area contributed by atoms with Gasteiger partial charge in [0.1, 0.15) is 0 Å². The summed E-state index contributed by atoms with van der Waals surface area (Å²) in [7, 11) is 0. The van der Waals surface area contributed by atoms with Crippen molar-refractivity contribution < 1.29 is 0 Å². The summed E-state index contributed by atoms with van der Waals surface area (Å²) in [6, 6.07) is 63.5. The zero-order valence-corrected chi connectivity index (χ0v) is 27.2. The molecule has 0 aliphatic rings. The van der Waals surface area contributed by atoms with Crippen molar-refractivity contribution in [1.29, 1.82) is 0 Å². The molecule has 0 N–H and O–H groups in total. The lowest BCUT2D eigenvalue weighted by atomic mass is 10.0. The molecule has 0 saturated heterocycles. The van der Waals surface area contributed by atoms with Crippen LogP contribution in [0, 0.1) is 0 Å². The van der Waals surface area contributed by atoms with Gasteiger partial charge in [0.05, 0.1) is 28.3 Å². The predicted molar refractivity (Wildman–Crippen MR) is 209 cm³/mol. The molecule has 7 aromatic carbocycles. The first kappa shape index (κ1) is 28.3. The second-order valence-corrected chi connectivity index (χ2v) is 12.9. The molecule has 0 amide bonds. The third-order valence-corrected chi connectivity index (χ3v) is 10.0. The molecule has 0 atom stereocenters. The van der Waals surface area contributed by atoms with Crippen LogP contribution in [0.3, 0.4) is 0 Å². The number of hydrogen-bond acceptors (Lipinski definition) is 1. The SMILES string of the molecule is c1ccc(-c2ccc(-n3c4ccc(-c5ccc6c7ccccc7n(-c7ccc(-c8ccccc8)cc7)c6c5)cc4c4ccncc43)cc2)cc1. The fourth-order valence-corrected chi connectivity index (χ4v) is 7.62. The summed E-state index contributed by atoms with van der Waals surface area (Å²) in [5.41, 5.74) is 14.2. The van der Waals surface area contributed by atoms with Crippen LogP contribution in [0.2, 0.25) is 0 Å². The highest BCUT2D eigenvalue weighted by atomic mass is 15.0. The molecule has 0 bridgehead atoms. The topological polar surface area (TPSA) is 22.8 Å². The number of para-hydroxylation sites is 1. The molecule has 0 radical (unpaired) electrons. The van der Waals surface area contributed by atoms with E-state index >= 15 is 0 Å². The Bertz CT molecular complexity index is 2830. The monoisotopic (exact) mass is 637 g/mol. The molecule has 0 fully saturated rings. The molecule has 3 heteroatoms. The van der Waals surface area contributed by atoms with Crippen LogP contribution in [0.25, 0.3) is 88.4 Å². The summed E-state index contributed by atoms with van der Waals surface area (Å²) in [5.74, 6) is 0. The van der Waals surface area contributed by atoms with Crippen LogP contribution in [-0.2, 0) is 0 Å². The van der Waals surface area contributed by atoms with Gasteiger partial charge >= 0.3 is 0 Å². The number of aromatic nitrogens is 3. The molecule has 0 aliphatic heterocycles. The average Bonchev–Trinajstić information content (AvgIpc) is 3.71. The first-order valence-corrected chi connectivity index (χ1v) is 17.0. The van der Waals surface area contributed by atoms with Gasteiger partial charge in [0.2, 0.25) is 0 Å². The minimum atomic E-state index is 1.10. The molecule has 0 aliphatic carbocycles. The fraction of sp³-hybridized carbons (Fsp3) is 0. The highest BCUT2D eigenvalue weighted by Crippen LogP contribution is 2.38. The van der Waals surface area contributed by atoms with Crippen molar-refractivity contribution in [3.63, 3.8) is 0 Å². The van der Waals surface area contributed by atoms with Gasteiger partial charge < -0.3 is 9.13 Å². The molecular weight excluding hydrogens is 607 g/mol. The van der Waals surface area contributed by atoms with E-state index in [4.69, 9.17) is 0 Å². The minimum absolute atomic E-state index is 1.10. The van der Waals surface area contributed by atoms with Gasteiger partial charge in [-0.05, 0) is 88.0 Å². The van der Waals surface area contributed by atoms with Gasteiger partial charge in [0.25, 0.3) is 0 Å². The van der Waals surface area contributed by atoms with Gasteiger partial charge in [0.15, 0.2) is 0 Å². The molecule has 10 rings (SSSR count). The third-order valence-electron chi connectivity index (χ3n) is 10.0. The number of benzene rings is 7. The summed E-state index contributed by atoms with van der Waals surface area (Å²) < 4.78 is 4.73. The maximum Gasteiger partial charge on any atom is 0.0724 e. The van der Waals surface area contributed by atoms with Crippen molar-refractivity contribution in [2.75, 3.05) is 0 Å². The first-order chi connectivity index (χ1) is 24.8. The number of pyridine rings is 1. The van der Waals surface area contributed by atoms with Crippen molar-refractivity contribution in [3.8, 4) is 44.8 Å². The lowest BCUT2D eigenvalue weighted by Crippen LogP contribution is -1.94. The van der Waals surface area contributed by atoms with Gasteiger partial charge in [0, 0.05) is 39.1 Å². The Labute approximate surface area is 290 Å². The highest BCUT2D eigenvalue weighted by Gasteiger charge is 2.16. The van der Waals surface area contributed by atoms with Crippen LogP contribution in [0.15, 0.2) is 188 Å². The van der Waals surface area contributed by atoms with E-state index in [9.17, 15) is 0 Å². The highest BCUT2D eigenvalue weighted by molar-refractivity contribution is 6.12. The van der Waals surface area contributed by atoms with E-state index in [1.807, 2.05) is 12.4 Å². The normalized spacial score (nSPS) is 11.6. The molecule has 0 saturated carbocycles. The Kier molecular flexibility index (Phi) is 6.49. The van der Waals surface area contributed by atoms with E-state index < -0.39 is 0 Å². The van der Waals surface area contributed by atoms with Crippen LogP contribution in [0.5, 0.6) is 0 Å². The molecule has 10 aromatic rings. The molecule has 3 nitrogen and oxygen atoms in total. The van der Waals surface area contributed by atoms with E-state index in [0.29, 0.717) is 0 Å². The van der Waals surface area contributed by atoms with Crippen LogP contribution in [-0.4, -0.2) is 14.1 Å². The summed E-state index contributed by atoms with van der Waals surface area (Å²) in [4.78, 5) is 4.53. The second kappa shape index (κ2) is 11.5. The molecule has 50 heavy (non-hydrogen) atoms. The summed E-state index contributed by atoms with van der Waals surface area (Å²) in [6.07, 6.45) is 3.87. The molecule has 234 valence electrons. The van der Waals surface area contributed by atoms with Crippen molar-refractivity contribution >= 4 is 43.6 Å². The second-order valence-electron chi connectivity index (χ2n) is 12.9. The van der Waals surface area contributed by atoms with Crippen LogP contribution < -0.4 is 0 Å². The van der Waals surface area contributed by atoms with Crippen molar-refractivity contribution in [2.24, 2.45) is 0 Å². The molecule has 0 unspecified atom stereocenters. The Morgan fingerprint density at radius 3 is 1.46 bits per heavy atom. The Morgan fingerprint density at radius 1 is 0.300 bits per heavy atom. The largest absolute Gasteiger partial charge is 0.309 e. The Hall–Kier alpha value is -6.71. The maximum atomic E-state index is 4.53. The van der Waals surface area contributed by atoms with E-state index in [1.165, 1.54) is 66.0 Å². The van der Waals surface area contributed by atoms with E-state index in [0.717, 1.165) is 22.4 Å². The smallest absolute Gasteiger partial charge is 0.0724 e. The molecule has 3 aromatic heterocycles. The Balaban J connectivity index is 1.10. The average molecular weight is 638 g/mol. The maximum absolute atomic E-state index is 4.53.